The standard InChI is InChI=1S/C26H28BrN5O3S/c1-34-23(33)10-8-21-25-29-30-26(36-16-13-31-11-14-35-15-12-31)32(25)22-9-7-19(27)17-20(22)24(28-21)18-5-3-2-4-6-18/h2-7,9,17,21H,8,10-16H2,1H3/t21-/m0/s1. The van der Waals surface area contributed by atoms with E-state index in [9.17, 15) is 4.79 Å². The minimum absolute atomic E-state index is 0.249. The van der Waals surface area contributed by atoms with Gasteiger partial charge in [-0.15, -0.1) is 10.2 Å². The van der Waals surface area contributed by atoms with E-state index in [1.54, 1.807) is 11.8 Å². The molecule has 10 heteroatoms. The fourth-order valence-electron chi connectivity index (χ4n) is 4.46. The van der Waals surface area contributed by atoms with E-state index in [0.717, 1.165) is 76.6 Å². The summed E-state index contributed by atoms with van der Waals surface area (Å²) in [5.41, 5.74) is 3.86. The molecular formula is C26H28BrN5O3S. The number of halogens is 1. The van der Waals surface area contributed by atoms with Gasteiger partial charge in [0.05, 0.1) is 31.7 Å². The molecule has 1 fully saturated rings. The van der Waals surface area contributed by atoms with Crippen LogP contribution in [0.5, 0.6) is 0 Å². The van der Waals surface area contributed by atoms with Gasteiger partial charge in [-0.1, -0.05) is 58.0 Å². The molecule has 0 radical (unpaired) electrons. The number of thioether (sulfide) groups is 1. The smallest absolute Gasteiger partial charge is 0.305 e. The van der Waals surface area contributed by atoms with Gasteiger partial charge in [0, 0.05) is 47.4 Å². The number of aliphatic imine (C=N–C) groups is 1. The highest BCUT2D eigenvalue weighted by Gasteiger charge is 2.30. The summed E-state index contributed by atoms with van der Waals surface area (Å²) in [7, 11) is 1.41. The molecule has 1 aromatic heterocycles. The van der Waals surface area contributed by atoms with Crippen LogP contribution < -0.4 is 0 Å². The maximum absolute atomic E-state index is 12.0. The first kappa shape index (κ1) is 25.1. The molecule has 0 aliphatic carbocycles. The number of methoxy groups -OCH3 is 1. The van der Waals surface area contributed by atoms with Crippen molar-refractivity contribution in [3.63, 3.8) is 0 Å². The lowest BCUT2D eigenvalue weighted by atomic mass is 10.0. The van der Waals surface area contributed by atoms with Crippen molar-refractivity contribution in [3.8, 4) is 5.69 Å². The third-order valence-electron chi connectivity index (χ3n) is 6.34. The summed E-state index contributed by atoms with van der Waals surface area (Å²) in [6.45, 7) is 4.45. The van der Waals surface area contributed by atoms with Gasteiger partial charge < -0.3 is 9.47 Å². The molecule has 3 heterocycles. The van der Waals surface area contributed by atoms with Gasteiger partial charge in [0.2, 0.25) is 0 Å². The minimum atomic E-state index is -0.341. The molecule has 1 saturated heterocycles. The maximum atomic E-state index is 12.0. The largest absolute Gasteiger partial charge is 0.469 e. The summed E-state index contributed by atoms with van der Waals surface area (Å²) in [5.74, 6) is 1.37. The van der Waals surface area contributed by atoms with E-state index in [4.69, 9.17) is 14.5 Å². The van der Waals surface area contributed by atoms with Crippen molar-refractivity contribution in [1.82, 2.24) is 19.7 Å². The number of morpholine rings is 1. The lowest BCUT2D eigenvalue weighted by Gasteiger charge is -2.26. The van der Waals surface area contributed by atoms with E-state index in [-0.39, 0.29) is 18.4 Å². The van der Waals surface area contributed by atoms with Gasteiger partial charge in [-0.3, -0.25) is 19.3 Å². The first-order valence-corrected chi connectivity index (χ1v) is 13.8. The number of carbonyl (C=O) groups is 1. The molecule has 0 amide bonds. The molecule has 0 spiro atoms. The predicted molar refractivity (Wildman–Crippen MR) is 143 cm³/mol. The summed E-state index contributed by atoms with van der Waals surface area (Å²) >= 11 is 5.34. The number of fused-ring (bicyclic) bond motifs is 3. The van der Waals surface area contributed by atoms with E-state index >= 15 is 0 Å². The summed E-state index contributed by atoms with van der Waals surface area (Å²) < 4.78 is 13.5. The fourth-order valence-corrected chi connectivity index (χ4v) is 5.77. The number of hydrogen-bond acceptors (Lipinski definition) is 8. The molecule has 2 aromatic carbocycles. The predicted octanol–water partition coefficient (Wildman–Crippen LogP) is 4.30. The number of esters is 1. The average Bonchev–Trinajstić information content (AvgIpc) is 3.27. The Labute approximate surface area is 223 Å². The summed E-state index contributed by atoms with van der Waals surface area (Å²) in [5, 5.41) is 10.0. The molecular weight excluding hydrogens is 542 g/mol. The van der Waals surface area contributed by atoms with Crippen LogP contribution >= 0.6 is 27.7 Å². The molecule has 2 aliphatic rings. The van der Waals surface area contributed by atoms with Crippen molar-refractivity contribution >= 4 is 39.4 Å². The molecule has 36 heavy (non-hydrogen) atoms. The summed E-state index contributed by atoms with van der Waals surface area (Å²) in [6.07, 6.45) is 0.730. The highest BCUT2D eigenvalue weighted by atomic mass is 79.9. The van der Waals surface area contributed by atoms with Gasteiger partial charge in [-0.05, 0) is 24.6 Å². The first-order valence-electron chi connectivity index (χ1n) is 12.0. The van der Waals surface area contributed by atoms with E-state index in [2.05, 4.69) is 59.9 Å². The van der Waals surface area contributed by atoms with Gasteiger partial charge in [0.1, 0.15) is 6.04 Å². The molecule has 188 valence electrons. The van der Waals surface area contributed by atoms with Crippen LogP contribution in [0.4, 0.5) is 0 Å². The van der Waals surface area contributed by atoms with Crippen LogP contribution in [-0.2, 0) is 14.3 Å². The van der Waals surface area contributed by atoms with Gasteiger partial charge in [0.25, 0.3) is 0 Å². The normalized spacial score (nSPS) is 17.6. The van der Waals surface area contributed by atoms with Crippen LogP contribution in [0.15, 0.2) is 63.2 Å². The zero-order valence-corrected chi connectivity index (χ0v) is 22.5. The van der Waals surface area contributed by atoms with Crippen LogP contribution in [0.25, 0.3) is 5.69 Å². The quantitative estimate of drug-likeness (QED) is 0.295. The van der Waals surface area contributed by atoms with E-state index in [1.165, 1.54) is 7.11 Å². The van der Waals surface area contributed by atoms with E-state index in [1.807, 2.05) is 24.3 Å². The van der Waals surface area contributed by atoms with Crippen LogP contribution in [0, 0.1) is 0 Å². The Morgan fingerprint density at radius 1 is 1.17 bits per heavy atom. The molecule has 0 N–H and O–H groups in total. The van der Waals surface area contributed by atoms with Gasteiger partial charge in [0.15, 0.2) is 11.0 Å². The SMILES string of the molecule is COC(=O)CC[C@@H]1N=C(c2ccccc2)c2cc(Br)ccc2-n2c(SCCN3CCOCC3)nnc21. The number of aromatic nitrogens is 3. The van der Waals surface area contributed by atoms with Crippen LogP contribution in [-0.4, -0.2) is 77.1 Å². The Morgan fingerprint density at radius 2 is 1.97 bits per heavy atom. The van der Waals surface area contributed by atoms with Crippen molar-refractivity contribution in [2.24, 2.45) is 4.99 Å². The van der Waals surface area contributed by atoms with Crippen LogP contribution in [0.1, 0.15) is 35.8 Å². The monoisotopic (exact) mass is 569 g/mol. The number of rotatable bonds is 8. The second-order valence-electron chi connectivity index (χ2n) is 8.61. The van der Waals surface area contributed by atoms with Crippen molar-refractivity contribution in [3.05, 3.63) is 70.0 Å². The second kappa shape index (κ2) is 11.7. The Bertz CT molecular complexity index is 1240. The lowest BCUT2D eigenvalue weighted by molar-refractivity contribution is -0.140. The average molecular weight is 571 g/mol. The second-order valence-corrected chi connectivity index (χ2v) is 10.6. The maximum Gasteiger partial charge on any atom is 0.305 e. The molecule has 0 bridgehead atoms. The first-order chi connectivity index (χ1) is 17.6. The van der Waals surface area contributed by atoms with Crippen molar-refractivity contribution < 1.29 is 14.3 Å². The van der Waals surface area contributed by atoms with Gasteiger partial charge in [-0.25, -0.2) is 0 Å². The molecule has 1 atom stereocenters. The van der Waals surface area contributed by atoms with Crippen LogP contribution in [0.2, 0.25) is 0 Å². The molecule has 0 saturated carbocycles. The Hall–Kier alpha value is -2.53. The Balaban J connectivity index is 1.54. The third-order valence-corrected chi connectivity index (χ3v) is 7.74. The third kappa shape index (κ3) is 5.56. The van der Waals surface area contributed by atoms with E-state index in [0.29, 0.717) is 6.42 Å². The molecule has 5 rings (SSSR count). The van der Waals surface area contributed by atoms with Gasteiger partial charge in [-0.2, -0.15) is 0 Å². The zero-order valence-electron chi connectivity index (χ0n) is 20.1. The topological polar surface area (TPSA) is 81.8 Å². The highest BCUT2D eigenvalue weighted by Crippen LogP contribution is 2.36. The highest BCUT2D eigenvalue weighted by molar-refractivity contribution is 9.10. The molecule has 3 aromatic rings. The number of nitrogens with zero attached hydrogens (tertiary/aromatic N) is 5. The number of carbonyl (C=O) groups excluding carboxylic acids is 1. The lowest BCUT2D eigenvalue weighted by Crippen LogP contribution is -2.37. The fraction of sp³-hybridized carbons (Fsp3) is 0.385. The van der Waals surface area contributed by atoms with Crippen molar-refractivity contribution in [2.75, 3.05) is 45.7 Å². The molecule has 2 aliphatic heterocycles. The Kier molecular flexibility index (Phi) is 8.15. The zero-order chi connectivity index (χ0) is 24.9. The molecule has 8 nitrogen and oxygen atoms in total. The molecule has 0 unspecified atom stereocenters. The number of hydrogen-bond donors (Lipinski definition) is 0. The number of ether oxygens (including phenoxy) is 2. The minimum Gasteiger partial charge on any atom is -0.469 e. The Morgan fingerprint density at radius 3 is 2.75 bits per heavy atom. The van der Waals surface area contributed by atoms with Crippen molar-refractivity contribution in [1.29, 1.82) is 0 Å². The van der Waals surface area contributed by atoms with Gasteiger partial charge >= 0.3 is 5.97 Å². The van der Waals surface area contributed by atoms with Crippen LogP contribution in [0.3, 0.4) is 0 Å². The number of benzene rings is 2. The summed E-state index contributed by atoms with van der Waals surface area (Å²) in [6, 6.07) is 16.0. The van der Waals surface area contributed by atoms with Crippen molar-refractivity contribution in [2.45, 2.75) is 24.0 Å². The summed E-state index contributed by atoms with van der Waals surface area (Å²) in [4.78, 5) is 19.6. The van der Waals surface area contributed by atoms with E-state index < -0.39 is 0 Å².